The number of nitrogens with zero attached hydrogens (tertiary/aromatic N) is 2. The molecule has 0 bridgehead atoms. The van der Waals surface area contributed by atoms with Crippen LogP contribution in [0.5, 0.6) is 0 Å². The van der Waals surface area contributed by atoms with Crippen molar-refractivity contribution < 1.29 is 0 Å². The van der Waals surface area contributed by atoms with E-state index >= 15 is 0 Å². The first kappa shape index (κ1) is 13.4. The monoisotopic (exact) mass is 317 g/mol. The van der Waals surface area contributed by atoms with E-state index in [9.17, 15) is 0 Å². The van der Waals surface area contributed by atoms with Gasteiger partial charge in [0.25, 0.3) is 0 Å². The molecule has 0 aliphatic heterocycles. The van der Waals surface area contributed by atoms with Crippen LogP contribution in [-0.2, 0) is 6.54 Å². The second-order valence-corrected chi connectivity index (χ2v) is 6.11. The van der Waals surface area contributed by atoms with Crippen molar-refractivity contribution in [1.29, 1.82) is 0 Å². The lowest BCUT2D eigenvalue weighted by molar-refractivity contribution is 0.826. The van der Waals surface area contributed by atoms with Gasteiger partial charge >= 0.3 is 0 Å². The minimum Gasteiger partial charge on any atom is -0.389 e. The first-order chi connectivity index (χ1) is 9.66. The Labute approximate surface area is 130 Å². The minimum atomic E-state index is 0.336. The summed E-state index contributed by atoms with van der Waals surface area (Å²) < 4.78 is 2.86. The van der Waals surface area contributed by atoms with Crippen molar-refractivity contribution in [3.8, 4) is 0 Å². The van der Waals surface area contributed by atoms with E-state index in [4.69, 9.17) is 30.2 Å². The molecular formula is C14H11N3S3. The molecule has 0 spiro atoms. The molecule has 0 aliphatic rings. The summed E-state index contributed by atoms with van der Waals surface area (Å²) >= 11 is 12.2. The average Bonchev–Trinajstić information content (AvgIpc) is 2.93. The highest BCUT2D eigenvalue weighted by Gasteiger charge is 2.09. The molecule has 0 atom stereocenters. The largest absolute Gasteiger partial charge is 0.389 e. The number of hydrogen-bond donors (Lipinski definition) is 1. The SMILES string of the molecule is NC(=S)c1cn(Cc2cccnc2)c2sccc2c1=S. The van der Waals surface area contributed by atoms with Gasteiger partial charge in [0, 0.05) is 36.1 Å². The van der Waals surface area contributed by atoms with E-state index in [2.05, 4.69) is 9.55 Å². The maximum Gasteiger partial charge on any atom is 0.106 e. The van der Waals surface area contributed by atoms with Gasteiger partial charge in [0.05, 0.1) is 4.51 Å². The van der Waals surface area contributed by atoms with Gasteiger partial charge < -0.3 is 10.3 Å². The molecule has 3 nitrogen and oxygen atoms in total. The Hall–Kier alpha value is -1.63. The zero-order valence-corrected chi connectivity index (χ0v) is 12.9. The lowest BCUT2D eigenvalue weighted by Crippen LogP contribution is -2.13. The summed E-state index contributed by atoms with van der Waals surface area (Å²) in [4.78, 5) is 5.60. The summed E-state index contributed by atoms with van der Waals surface area (Å²) in [6.07, 6.45) is 5.56. The van der Waals surface area contributed by atoms with Gasteiger partial charge in [-0.05, 0) is 23.1 Å². The van der Waals surface area contributed by atoms with Crippen molar-refractivity contribution in [2.75, 3.05) is 0 Å². The van der Waals surface area contributed by atoms with Crippen molar-refractivity contribution in [3.05, 3.63) is 57.8 Å². The molecule has 3 heterocycles. The number of thiophene rings is 1. The quantitative estimate of drug-likeness (QED) is 0.751. The lowest BCUT2D eigenvalue weighted by Gasteiger charge is -2.11. The fraction of sp³-hybridized carbons (Fsp3) is 0.0714. The van der Waals surface area contributed by atoms with Gasteiger partial charge in [-0.1, -0.05) is 30.5 Å². The zero-order valence-electron chi connectivity index (χ0n) is 10.4. The van der Waals surface area contributed by atoms with Crippen LogP contribution >= 0.6 is 35.8 Å². The number of pyridine rings is 2. The summed E-state index contributed by atoms with van der Waals surface area (Å²) in [5, 5.41) is 3.06. The molecule has 2 N–H and O–H groups in total. The summed E-state index contributed by atoms with van der Waals surface area (Å²) in [6.45, 7) is 0.718. The van der Waals surface area contributed by atoms with Crippen LogP contribution in [0.15, 0.2) is 42.2 Å². The highest BCUT2D eigenvalue weighted by molar-refractivity contribution is 7.80. The fourth-order valence-corrected chi connectivity index (χ4v) is 3.59. The number of aromatic nitrogens is 2. The van der Waals surface area contributed by atoms with Gasteiger partial charge in [0.2, 0.25) is 0 Å². The Bertz CT molecular complexity index is 834. The third-order valence-corrected chi connectivity index (χ3v) is 4.63. The molecule has 20 heavy (non-hydrogen) atoms. The first-order valence-corrected chi connectivity index (χ1v) is 7.66. The Morgan fingerprint density at radius 3 is 2.95 bits per heavy atom. The molecule has 0 saturated carbocycles. The Balaban J connectivity index is 2.20. The first-order valence-electron chi connectivity index (χ1n) is 5.96. The molecule has 3 aromatic heterocycles. The average molecular weight is 317 g/mol. The maximum absolute atomic E-state index is 5.78. The van der Waals surface area contributed by atoms with E-state index in [1.807, 2.05) is 36.0 Å². The summed E-state index contributed by atoms with van der Waals surface area (Å²) in [6, 6.07) is 5.99. The van der Waals surface area contributed by atoms with E-state index in [-0.39, 0.29) is 0 Å². The van der Waals surface area contributed by atoms with Crippen LogP contribution in [0.1, 0.15) is 11.1 Å². The van der Waals surface area contributed by atoms with Crippen LogP contribution < -0.4 is 5.73 Å². The molecule has 3 aromatic rings. The Morgan fingerprint density at radius 1 is 1.40 bits per heavy atom. The fourth-order valence-electron chi connectivity index (χ4n) is 2.10. The molecule has 0 amide bonds. The molecule has 6 heteroatoms. The van der Waals surface area contributed by atoms with E-state index in [0.717, 1.165) is 32.4 Å². The molecule has 0 radical (unpaired) electrons. The van der Waals surface area contributed by atoms with Crippen molar-refractivity contribution >= 4 is 51.0 Å². The molecule has 0 unspecified atom stereocenters. The van der Waals surface area contributed by atoms with Crippen molar-refractivity contribution in [1.82, 2.24) is 9.55 Å². The highest BCUT2D eigenvalue weighted by atomic mass is 32.1. The van der Waals surface area contributed by atoms with Crippen LogP contribution in [0.2, 0.25) is 0 Å². The second kappa shape index (κ2) is 5.40. The van der Waals surface area contributed by atoms with Crippen LogP contribution in [0, 0.1) is 4.51 Å². The summed E-state index contributed by atoms with van der Waals surface area (Å²) in [5.41, 5.74) is 7.66. The van der Waals surface area contributed by atoms with Gasteiger partial charge in [-0.3, -0.25) is 4.98 Å². The Kier molecular flexibility index (Phi) is 3.60. The minimum absolute atomic E-state index is 0.336. The smallest absolute Gasteiger partial charge is 0.106 e. The van der Waals surface area contributed by atoms with Crippen molar-refractivity contribution in [2.24, 2.45) is 5.73 Å². The molecule has 0 aliphatic carbocycles. The third kappa shape index (κ3) is 2.37. The van der Waals surface area contributed by atoms with Crippen molar-refractivity contribution in [2.45, 2.75) is 6.54 Å². The second-order valence-electron chi connectivity index (χ2n) is 4.36. The number of rotatable bonds is 3. The van der Waals surface area contributed by atoms with Gasteiger partial charge in [-0.15, -0.1) is 11.3 Å². The normalized spacial score (nSPS) is 10.8. The van der Waals surface area contributed by atoms with Gasteiger partial charge in [0.1, 0.15) is 9.82 Å². The van der Waals surface area contributed by atoms with Gasteiger partial charge in [-0.2, -0.15) is 0 Å². The topological polar surface area (TPSA) is 43.8 Å². The summed E-state index contributed by atoms with van der Waals surface area (Å²) in [5.74, 6) is 0. The van der Waals surface area contributed by atoms with Crippen LogP contribution in [0.4, 0.5) is 0 Å². The van der Waals surface area contributed by atoms with Gasteiger partial charge in [0.15, 0.2) is 0 Å². The predicted octanol–water partition coefficient (Wildman–Crippen LogP) is 3.51. The number of fused-ring (bicyclic) bond motifs is 1. The van der Waals surface area contributed by atoms with Crippen LogP contribution in [-0.4, -0.2) is 14.5 Å². The molecule has 0 saturated heterocycles. The predicted molar refractivity (Wildman–Crippen MR) is 89.9 cm³/mol. The summed E-state index contributed by atoms with van der Waals surface area (Å²) in [7, 11) is 0. The molecular weight excluding hydrogens is 306 g/mol. The number of nitrogens with two attached hydrogens (primary N) is 1. The van der Waals surface area contributed by atoms with E-state index in [1.165, 1.54) is 0 Å². The molecule has 3 rings (SSSR count). The van der Waals surface area contributed by atoms with E-state index in [1.54, 1.807) is 17.5 Å². The lowest BCUT2D eigenvalue weighted by atomic mass is 10.2. The molecule has 100 valence electrons. The maximum atomic E-state index is 5.78. The van der Waals surface area contributed by atoms with Crippen LogP contribution in [0.25, 0.3) is 10.2 Å². The third-order valence-electron chi connectivity index (χ3n) is 3.02. The molecule has 0 aromatic carbocycles. The van der Waals surface area contributed by atoms with Crippen LogP contribution in [0.3, 0.4) is 0 Å². The standard InChI is InChI=1S/C14H11N3S3/c15-13(19)11-8-17(7-9-2-1-4-16-6-9)14-10(12(11)18)3-5-20-14/h1-6,8H,7H2,(H2,15,19). The van der Waals surface area contributed by atoms with Crippen molar-refractivity contribution in [3.63, 3.8) is 0 Å². The number of hydrogen-bond acceptors (Lipinski definition) is 4. The number of thiocarbonyl (C=S) groups is 1. The van der Waals surface area contributed by atoms with Gasteiger partial charge in [-0.25, -0.2) is 0 Å². The van der Waals surface area contributed by atoms with E-state index in [0.29, 0.717) is 4.99 Å². The Morgan fingerprint density at radius 2 is 2.25 bits per heavy atom. The molecule has 0 fully saturated rings. The highest BCUT2D eigenvalue weighted by Crippen LogP contribution is 2.25. The van der Waals surface area contributed by atoms with E-state index < -0.39 is 0 Å². The zero-order chi connectivity index (χ0) is 14.1.